The van der Waals surface area contributed by atoms with Crippen molar-refractivity contribution in [1.82, 2.24) is 25.0 Å². The SMILES string of the molecule is Fc1ccccc1CNC(=S)N1CCOC(COc2ccc(-n3cncn3)cc2)C1. The molecule has 1 aromatic heterocycles. The summed E-state index contributed by atoms with van der Waals surface area (Å²) in [6.45, 7) is 2.62. The van der Waals surface area contributed by atoms with Crippen LogP contribution in [0, 0.1) is 5.82 Å². The Hall–Kier alpha value is -3.04. The lowest BCUT2D eigenvalue weighted by Crippen LogP contribution is -2.50. The second-order valence-corrected chi connectivity index (χ2v) is 7.22. The van der Waals surface area contributed by atoms with Gasteiger partial charge in [-0.25, -0.2) is 14.1 Å². The van der Waals surface area contributed by atoms with E-state index in [2.05, 4.69) is 15.4 Å². The first-order chi connectivity index (χ1) is 14.7. The number of ether oxygens (including phenoxy) is 2. The van der Waals surface area contributed by atoms with Crippen LogP contribution < -0.4 is 10.1 Å². The maximum absolute atomic E-state index is 13.8. The zero-order chi connectivity index (χ0) is 20.8. The summed E-state index contributed by atoms with van der Waals surface area (Å²) in [7, 11) is 0. The van der Waals surface area contributed by atoms with Crippen LogP contribution in [0.15, 0.2) is 61.2 Å². The fourth-order valence-corrected chi connectivity index (χ4v) is 3.39. The van der Waals surface area contributed by atoms with Gasteiger partial charge in [0.1, 0.15) is 36.9 Å². The molecule has 1 unspecified atom stereocenters. The number of hydrogen-bond acceptors (Lipinski definition) is 5. The van der Waals surface area contributed by atoms with Crippen LogP contribution in [0.4, 0.5) is 4.39 Å². The Balaban J connectivity index is 1.25. The van der Waals surface area contributed by atoms with Crippen molar-refractivity contribution in [2.75, 3.05) is 26.3 Å². The number of morpholine rings is 1. The van der Waals surface area contributed by atoms with E-state index in [0.717, 1.165) is 11.4 Å². The van der Waals surface area contributed by atoms with E-state index < -0.39 is 0 Å². The molecule has 0 radical (unpaired) electrons. The number of aromatic nitrogens is 3. The average Bonchev–Trinajstić information content (AvgIpc) is 3.32. The molecular formula is C21H22FN5O2S. The van der Waals surface area contributed by atoms with Gasteiger partial charge in [0.2, 0.25) is 0 Å². The van der Waals surface area contributed by atoms with E-state index in [1.54, 1.807) is 23.1 Å². The summed E-state index contributed by atoms with van der Waals surface area (Å²) in [4.78, 5) is 5.97. The molecule has 1 saturated heterocycles. The molecule has 0 saturated carbocycles. The van der Waals surface area contributed by atoms with Gasteiger partial charge in [0.05, 0.1) is 12.3 Å². The quantitative estimate of drug-likeness (QED) is 0.607. The molecule has 1 N–H and O–H groups in total. The van der Waals surface area contributed by atoms with Crippen molar-refractivity contribution in [3.8, 4) is 11.4 Å². The summed E-state index contributed by atoms with van der Waals surface area (Å²) in [5.74, 6) is 0.510. The molecule has 30 heavy (non-hydrogen) atoms. The molecule has 156 valence electrons. The minimum atomic E-state index is -0.240. The second-order valence-electron chi connectivity index (χ2n) is 6.83. The fraction of sp³-hybridized carbons (Fsp3) is 0.286. The number of rotatable bonds is 6. The minimum Gasteiger partial charge on any atom is -0.491 e. The lowest BCUT2D eigenvalue weighted by atomic mass is 10.2. The highest BCUT2D eigenvalue weighted by molar-refractivity contribution is 7.80. The predicted octanol–water partition coefficient (Wildman–Crippen LogP) is 2.56. The molecular weight excluding hydrogens is 405 g/mol. The van der Waals surface area contributed by atoms with Crippen molar-refractivity contribution < 1.29 is 13.9 Å². The highest BCUT2D eigenvalue weighted by Crippen LogP contribution is 2.16. The maximum Gasteiger partial charge on any atom is 0.169 e. The Bertz CT molecular complexity index is 968. The summed E-state index contributed by atoms with van der Waals surface area (Å²) >= 11 is 5.48. The van der Waals surface area contributed by atoms with Crippen LogP contribution in [-0.2, 0) is 11.3 Å². The summed E-state index contributed by atoms with van der Waals surface area (Å²) in [5, 5.41) is 7.82. The van der Waals surface area contributed by atoms with E-state index in [9.17, 15) is 4.39 Å². The van der Waals surface area contributed by atoms with Gasteiger partial charge < -0.3 is 19.7 Å². The Morgan fingerprint density at radius 1 is 1.23 bits per heavy atom. The highest BCUT2D eigenvalue weighted by Gasteiger charge is 2.23. The van der Waals surface area contributed by atoms with E-state index in [4.69, 9.17) is 21.7 Å². The summed E-state index contributed by atoms with van der Waals surface area (Å²) in [6.07, 6.45) is 3.03. The second kappa shape index (κ2) is 9.64. The number of nitrogens with zero attached hydrogens (tertiary/aromatic N) is 4. The topological polar surface area (TPSA) is 64.4 Å². The lowest BCUT2D eigenvalue weighted by molar-refractivity contribution is -0.0288. The number of thiocarbonyl (C=S) groups is 1. The monoisotopic (exact) mass is 427 g/mol. The highest BCUT2D eigenvalue weighted by atomic mass is 32.1. The zero-order valence-corrected chi connectivity index (χ0v) is 17.1. The van der Waals surface area contributed by atoms with Crippen LogP contribution in [0.5, 0.6) is 5.75 Å². The molecule has 1 fully saturated rings. The van der Waals surface area contributed by atoms with Gasteiger partial charge >= 0.3 is 0 Å². The molecule has 0 bridgehead atoms. The largest absolute Gasteiger partial charge is 0.491 e. The van der Waals surface area contributed by atoms with Gasteiger partial charge in [-0.2, -0.15) is 5.10 Å². The van der Waals surface area contributed by atoms with Crippen LogP contribution in [0.3, 0.4) is 0 Å². The van der Waals surface area contributed by atoms with Crippen LogP contribution in [0.2, 0.25) is 0 Å². The third-order valence-electron chi connectivity index (χ3n) is 4.77. The first-order valence-corrected chi connectivity index (χ1v) is 10.1. The number of nitrogens with one attached hydrogen (secondary N) is 1. The Morgan fingerprint density at radius 3 is 2.83 bits per heavy atom. The Labute approximate surface area is 179 Å². The van der Waals surface area contributed by atoms with Crippen molar-refractivity contribution in [2.45, 2.75) is 12.6 Å². The molecule has 9 heteroatoms. The van der Waals surface area contributed by atoms with Crippen LogP contribution in [0.1, 0.15) is 5.56 Å². The van der Waals surface area contributed by atoms with Gasteiger partial charge in [0.25, 0.3) is 0 Å². The van der Waals surface area contributed by atoms with E-state index in [-0.39, 0.29) is 11.9 Å². The van der Waals surface area contributed by atoms with Crippen LogP contribution in [-0.4, -0.2) is 57.2 Å². The molecule has 1 aliphatic heterocycles. The van der Waals surface area contributed by atoms with E-state index in [1.807, 2.05) is 35.2 Å². The van der Waals surface area contributed by atoms with Crippen LogP contribution in [0.25, 0.3) is 5.69 Å². The number of hydrogen-bond donors (Lipinski definition) is 1. The minimum absolute atomic E-state index is 0.109. The molecule has 2 aromatic carbocycles. The standard InChI is InChI=1S/C21H22FN5O2S/c22-20-4-2-1-3-16(20)11-24-21(30)26-9-10-28-19(12-26)13-29-18-7-5-17(6-8-18)27-15-23-14-25-27/h1-8,14-15,19H,9-13H2,(H,24,30). The maximum atomic E-state index is 13.8. The molecule has 4 rings (SSSR count). The van der Waals surface area contributed by atoms with E-state index in [0.29, 0.717) is 43.5 Å². The summed E-state index contributed by atoms with van der Waals surface area (Å²) < 4.78 is 27.1. The van der Waals surface area contributed by atoms with Gasteiger partial charge in [-0.15, -0.1) is 0 Å². The van der Waals surface area contributed by atoms with Gasteiger partial charge in [-0.05, 0) is 42.5 Å². The van der Waals surface area contributed by atoms with Crippen molar-refractivity contribution in [1.29, 1.82) is 0 Å². The first kappa shape index (κ1) is 20.2. The average molecular weight is 428 g/mol. The third kappa shape index (κ3) is 5.11. The molecule has 1 aliphatic rings. The van der Waals surface area contributed by atoms with E-state index >= 15 is 0 Å². The van der Waals surface area contributed by atoms with Crippen molar-refractivity contribution in [3.63, 3.8) is 0 Å². The molecule has 0 spiro atoms. The van der Waals surface area contributed by atoms with Gasteiger partial charge in [0.15, 0.2) is 5.11 Å². The number of halogens is 1. The molecule has 0 amide bonds. The summed E-state index contributed by atoms with van der Waals surface area (Å²) in [5.41, 5.74) is 1.49. The zero-order valence-electron chi connectivity index (χ0n) is 16.3. The lowest BCUT2D eigenvalue weighted by Gasteiger charge is -2.34. The molecule has 1 atom stereocenters. The van der Waals surface area contributed by atoms with Gasteiger partial charge in [-0.1, -0.05) is 18.2 Å². The van der Waals surface area contributed by atoms with Crippen molar-refractivity contribution >= 4 is 17.3 Å². The Kier molecular flexibility index (Phi) is 6.50. The first-order valence-electron chi connectivity index (χ1n) is 9.65. The molecule has 0 aliphatic carbocycles. The molecule has 7 nitrogen and oxygen atoms in total. The molecule has 2 heterocycles. The Morgan fingerprint density at radius 2 is 2.07 bits per heavy atom. The number of benzene rings is 2. The normalized spacial score (nSPS) is 16.3. The smallest absolute Gasteiger partial charge is 0.169 e. The molecule has 3 aromatic rings. The van der Waals surface area contributed by atoms with Gasteiger partial charge in [0, 0.05) is 25.2 Å². The van der Waals surface area contributed by atoms with Crippen LogP contribution >= 0.6 is 12.2 Å². The summed E-state index contributed by atoms with van der Waals surface area (Å²) in [6, 6.07) is 14.3. The predicted molar refractivity (Wildman–Crippen MR) is 114 cm³/mol. The van der Waals surface area contributed by atoms with Crippen molar-refractivity contribution in [2.24, 2.45) is 0 Å². The third-order valence-corrected chi connectivity index (χ3v) is 5.17. The van der Waals surface area contributed by atoms with E-state index in [1.165, 1.54) is 12.4 Å². The van der Waals surface area contributed by atoms with Gasteiger partial charge in [-0.3, -0.25) is 0 Å². The fourth-order valence-electron chi connectivity index (χ4n) is 3.15. The van der Waals surface area contributed by atoms with Crippen molar-refractivity contribution in [3.05, 3.63) is 72.6 Å².